The van der Waals surface area contributed by atoms with Crippen molar-refractivity contribution < 1.29 is 14.3 Å². The highest BCUT2D eigenvalue weighted by atomic mass is 16.5. The maximum Gasteiger partial charge on any atom is 0.321 e. The average molecular weight is 328 g/mol. The number of ether oxygens (including phenoxy) is 2. The van der Waals surface area contributed by atoms with Gasteiger partial charge in [0, 0.05) is 42.8 Å². The summed E-state index contributed by atoms with van der Waals surface area (Å²) in [4.78, 5) is 14.5. The van der Waals surface area contributed by atoms with Crippen LogP contribution < -0.4 is 10.1 Å². The highest BCUT2D eigenvalue weighted by molar-refractivity contribution is 5.89. The average Bonchev–Trinajstić information content (AvgIpc) is 2.99. The normalized spacial score (nSPS) is 26.7. The summed E-state index contributed by atoms with van der Waals surface area (Å²) >= 11 is 0. The van der Waals surface area contributed by atoms with Crippen LogP contribution in [0.1, 0.15) is 20.3 Å². The summed E-state index contributed by atoms with van der Waals surface area (Å²) in [7, 11) is 1.86. The molecule has 1 aromatic rings. The number of nitrogens with one attached hydrogen (secondary N) is 1. The van der Waals surface area contributed by atoms with Crippen molar-refractivity contribution in [1.82, 2.24) is 4.90 Å². The molecule has 3 rings (SSSR count). The molecular weight excluding hydrogens is 304 g/mol. The fraction of sp³-hybridized carbons (Fsp3) is 0.526. The van der Waals surface area contributed by atoms with Gasteiger partial charge in [-0.25, -0.2) is 4.79 Å². The maximum absolute atomic E-state index is 12.6. The van der Waals surface area contributed by atoms with E-state index in [0.29, 0.717) is 17.4 Å². The first-order valence-corrected chi connectivity index (χ1v) is 8.27. The van der Waals surface area contributed by atoms with Crippen LogP contribution in [0.25, 0.3) is 0 Å². The van der Waals surface area contributed by atoms with Crippen LogP contribution in [0.15, 0.2) is 24.3 Å². The van der Waals surface area contributed by atoms with E-state index in [2.05, 4.69) is 25.1 Å². The Kier molecular flexibility index (Phi) is 4.42. The third-order valence-electron chi connectivity index (χ3n) is 5.18. The zero-order valence-corrected chi connectivity index (χ0v) is 14.4. The van der Waals surface area contributed by atoms with E-state index in [1.807, 2.05) is 30.1 Å². The summed E-state index contributed by atoms with van der Waals surface area (Å²) in [5.74, 6) is 3.50. The fourth-order valence-corrected chi connectivity index (χ4v) is 4.21. The first kappa shape index (κ1) is 16.7. The van der Waals surface area contributed by atoms with Gasteiger partial charge >= 0.3 is 6.03 Å². The number of terminal acetylenes is 1. The second kappa shape index (κ2) is 6.37. The van der Waals surface area contributed by atoms with Gasteiger partial charge in [-0.15, -0.1) is 6.42 Å². The molecule has 0 radical (unpaired) electrons. The summed E-state index contributed by atoms with van der Waals surface area (Å²) in [6.07, 6.45) is 6.48. The second-order valence-electron chi connectivity index (χ2n) is 7.07. The standard InChI is InChI=1S/C19H24N2O3/c1-5-10-23-14-8-6-7-13(12-14)20-18(22)21(4)16-15-9-11-24-17(15)19(16,2)3/h1,6-8,12,15-17H,9-11H2,2-4H3,(H,20,22)/t15-,16+,17+/m0/s1. The number of hydrogen-bond acceptors (Lipinski definition) is 3. The molecular formula is C19H24N2O3. The Morgan fingerprint density at radius 3 is 3.08 bits per heavy atom. The number of anilines is 1. The molecule has 1 saturated carbocycles. The summed E-state index contributed by atoms with van der Waals surface area (Å²) in [6, 6.07) is 7.32. The Morgan fingerprint density at radius 2 is 2.33 bits per heavy atom. The Labute approximate surface area is 143 Å². The minimum atomic E-state index is -0.118. The van der Waals surface area contributed by atoms with Crippen molar-refractivity contribution in [2.45, 2.75) is 32.4 Å². The van der Waals surface area contributed by atoms with Crippen molar-refractivity contribution in [3.05, 3.63) is 24.3 Å². The molecule has 5 nitrogen and oxygen atoms in total. The maximum atomic E-state index is 12.6. The van der Waals surface area contributed by atoms with Gasteiger partial charge in [0.05, 0.1) is 6.10 Å². The van der Waals surface area contributed by atoms with Crippen LogP contribution in [0.2, 0.25) is 0 Å². The lowest BCUT2D eigenvalue weighted by atomic mass is 9.57. The summed E-state index contributed by atoms with van der Waals surface area (Å²) in [5, 5.41) is 2.94. The van der Waals surface area contributed by atoms with Crippen molar-refractivity contribution in [2.24, 2.45) is 11.3 Å². The number of hydrogen-bond donors (Lipinski definition) is 1. The lowest BCUT2D eigenvalue weighted by Gasteiger charge is -2.57. The molecule has 1 aliphatic carbocycles. The van der Waals surface area contributed by atoms with Gasteiger partial charge in [-0.1, -0.05) is 25.8 Å². The zero-order chi connectivity index (χ0) is 17.3. The number of nitrogens with zero attached hydrogens (tertiary/aromatic N) is 1. The Hall–Kier alpha value is -2.19. The van der Waals surface area contributed by atoms with Gasteiger partial charge < -0.3 is 19.7 Å². The van der Waals surface area contributed by atoms with Crippen molar-refractivity contribution in [3.8, 4) is 18.1 Å². The van der Waals surface area contributed by atoms with Crippen LogP contribution in [0.5, 0.6) is 5.75 Å². The largest absolute Gasteiger partial charge is 0.481 e. The minimum Gasteiger partial charge on any atom is -0.481 e. The Bertz CT molecular complexity index is 665. The van der Waals surface area contributed by atoms with Crippen LogP contribution >= 0.6 is 0 Å². The number of rotatable bonds is 4. The minimum absolute atomic E-state index is 0.0228. The third-order valence-corrected chi connectivity index (χ3v) is 5.18. The number of benzene rings is 1. The Morgan fingerprint density at radius 1 is 1.54 bits per heavy atom. The van der Waals surface area contributed by atoms with Crippen molar-refractivity contribution in [1.29, 1.82) is 0 Å². The van der Waals surface area contributed by atoms with Crippen LogP contribution in [-0.2, 0) is 4.74 Å². The molecule has 1 heterocycles. The number of fused-ring (bicyclic) bond motifs is 1. The number of amides is 2. The van der Waals surface area contributed by atoms with Gasteiger partial charge in [-0.3, -0.25) is 0 Å². The number of carbonyl (C=O) groups is 1. The quantitative estimate of drug-likeness (QED) is 0.865. The lowest BCUT2D eigenvalue weighted by molar-refractivity contribution is -0.137. The van der Waals surface area contributed by atoms with Gasteiger partial charge in [0.2, 0.25) is 0 Å². The SMILES string of the molecule is C#CCOc1cccc(NC(=O)N(C)[C@@H]2[C@@H]3CCO[C@H]3C2(C)C)c1. The molecule has 1 saturated heterocycles. The van der Waals surface area contributed by atoms with Gasteiger partial charge in [-0.2, -0.15) is 0 Å². The molecule has 5 heteroatoms. The number of urea groups is 1. The smallest absolute Gasteiger partial charge is 0.321 e. The molecule has 1 aromatic carbocycles. The van der Waals surface area contributed by atoms with E-state index in [9.17, 15) is 4.79 Å². The van der Waals surface area contributed by atoms with Crippen molar-refractivity contribution >= 4 is 11.7 Å². The van der Waals surface area contributed by atoms with Gasteiger partial charge in [-0.05, 0) is 18.6 Å². The summed E-state index contributed by atoms with van der Waals surface area (Å²) in [5.41, 5.74) is 0.670. The van der Waals surface area contributed by atoms with E-state index in [1.54, 1.807) is 6.07 Å². The Balaban J connectivity index is 1.66. The van der Waals surface area contributed by atoms with Crippen LogP contribution in [0.3, 0.4) is 0 Å². The predicted octanol–water partition coefficient (Wildman–Crippen LogP) is 2.98. The monoisotopic (exact) mass is 328 g/mol. The van der Waals surface area contributed by atoms with E-state index in [4.69, 9.17) is 15.9 Å². The molecule has 128 valence electrons. The van der Waals surface area contributed by atoms with Crippen LogP contribution in [0.4, 0.5) is 10.5 Å². The fourth-order valence-electron chi connectivity index (χ4n) is 4.21. The molecule has 2 fully saturated rings. The number of carbonyl (C=O) groups excluding carboxylic acids is 1. The van der Waals surface area contributed by atoms with Gasteiger partial charge in [0.15, 0.2) is 0 Å². The van der Waals surface area contributed by atoms with E-state index in [1.165, 1.54) is 0 Å². The topological polar surface area (TPSA) is 50.8 Å². The van der Waals surface area contributed by atoms with Crippen LogP contribution in [-0.4, -0.2) is 43.3 Å². The van der Waals surface area contributed by atoms with Gasteiger partial charge in [0.1, 0.15) is 12.4 Å². The summed E-state index contributed by atoms with van der Waals surface area (Å²) in [6.45, 7) is 5.33. The molecule has 3 atom stereocenters. The molecule has 24 heavy (non-hydrogen) atoms. The molecule has 2 amide bonds. The summed E-state index contributed by atoms with van der Waals surface area (Å²) < 4.78 is 11.2. The van der Waals surface area contributed by atoms with Crippen molar-refractivity contribution in [2.75, 3.05) is 25.6 Å². The lowest BCUT2D eigenvalue weighted by Crippen LogP contribution is -2.67. The molecule has 1 N–H and O–H groups in total. The first-order chi connectivity index (χ1) is 11.4. The third kappa shape index (κ3) is 2.83. The molecule has 0 aromatic heterocycles. The predicted molar refractivity (Wildman–Crippen MR) is 93.0 cm³/mol. The first-order valence-electron chi connectivity index (χ1n) is 8.27. The van der Waals surface area contributed by atoms with E-state index < -0.39 is 0 Å². The van der Waals surface area contributed by atoms with Crippen LogP contribution in [0, 0.1) is 23.7 Å². The zero-order valence-electron chi connectivity index (χ0n) is 14.4. The molecule has 0 unspecified atom stereocenters. The van der Waals surface area contributed by atoms with Crippen molar-refractivity contribution in [3.63, 3.8) is 0 Å². The molecule has 2 aliphatic rings. The second-order valence-corrected chi connectivity index (χ2v) is 7.07. The van der Waals surface area contributed by atoms with Gasteiger partial charge in [0.25, 0.3) is 0 Å². The highest BCUT2D eigenvalue weighted by Gasteiger charge is 2.61. The molecule has 0 spiro atoms. The highest BCUT2D eigenvalue weighted by Crippen LogP contribution is 2.54. The van der Waals surface area contributed by atoms with E-state index in [0.717, 1.165) is 13.0 Å². The van der Waals surface area contributed by atoms with E-state index in [-0.39, 0.29) is 30.2 Å². The van der Waals surface area contributed by atoms with E-state index >= 15 is 0 Å². The molecule has 1 aliphatic heterocycles. The molecule has 0 bridgehead atoms.